The summed E-state index contributed by atoms with van der Waals surface area (Å²) in [5, 5.41) is 3.46. The molecule has 1 fully saturated rings. The minimum Gasteiger partial charge on any atom is -0.323 e. The zero-order valence-corrected chi connectivity index (χ0v) is 9.59. The molecule has 0 radical (unpaired) electrons. The van der Waals surface area contributed by atoms with E-state index in [9.17, 15) is 0 Å². The van der Waals surface area contributed by atoms with Gasteiger partial charge in [0, 0.05) is 18.6 Å². The van der Waals surface area contributed by atoms with Crippen molar-refractivity contribution in [3.63, 3.8) is 0 Å². The lowest BCUT2D eigenvalue weighted by Gasteiger charge is -2.14. The minimum atomic E-state index is 0.130. The zero-order chi connectivity index (χ0) is 10.8. The Morgan fingerprint density at radius 2 is 2.07 bits per heavy atom. The summed E-state index contributed by atoms with van der Waals surface area (Å²) in [6, 6.07) is 7.37. The van der Waals surface area contributed by atoms with Crippen LogP contribution in [0.15, 0.2) is 18.2 Å². The van der Waals surface area contributed by atoms with Gasteiger partial charge in [0.2, 0.25) is 0 Å². The van der Waals surface area contributed by atoms with Crippen LogP contribution in [0.5, 0.6) is 0 Å². The van der Waals surface area contributed by atoms with Crippen molar-refractivity contribution in [2.45, 2.75) is 38.8 Å². The Morgan fingerprint density at radius 3 is 2.67 bits per heavy atom. The molecule has 0 heterocycles. The summed E-state index contributed by atoms with van der Waals surface area (Å²) < 4.78 is 0. The van der Waals surface area contributed by atoms with E-state index < -0.39 is 0 Å². The Balaban J connectivity index is 1.97. The molecule has 1 aromatic rings. The van der Waals surface area contributed by atoms with Gasteiger partial charge in [-0.1, -0.05) is 18.2 Å². The van der Waals surface area contributed by atoms with Gasteiger partial charge in [-0.25, -0.2) is 0 Å². The fourth-order valence-corrected chi connectivity index (χ4v) is 1.69. The van der Waals surface area contributed by atoms with E-state index in [0.717, 1.165) is 12.6 Å². The number of aryl methyl sites for hydroxylation is 2. The molecule has 2 heteroatoms. The van der Waals surface area contributed by atoms with Gasteiger partial charge in [-0.15, -0.1) is 0 Å². The van der Waals surface area contributed by atoms with Crippen molar-refractivity contribution in [2.24, 2.45) is 5.73 Å². The summed E-state index contributed by atoms with van der Waals surface area (Å²) in [6.45, 7) is 5.17. The molecule has 2 nitrogen and oxygen atoms in total. The van der Waals surface area contributed by atoms with Crippen molar-refractivity contribution >= 4 is 0 Å². The molecule has 1 saturated carbocycles. The molecular formula is C13H20N2. The number of hydrogen-bond donors (Lipinski definition) is 2. The first-order chi connectivity index (χ1) is 7.16. The number of benzene rings is 1. The maximum absolute atomic E-state index is 6.13. The monoisotopic (exact) mass is 204 g/mol. The molecule has 1 aliphatic carbocycles. The second-order valence-electron chi connectivity index (χ2n) is 4.63. The average molecular weight is 204 g/mol. The van der Waals surface area contributed by atoms with Gasteiger partial charge in [0.15, 0.2) is 0 Å². The third-order valence-electron chi connectivity index (χ3n) is 3.16. The lowest BCUT2D eigenvalue weighted by molar-refractivity contribution is 0.595. The largest absolute Gasteiger partial charge is 0.323 e. The third kappa shape index (κ3) is 2.80. The topological polar surface area (TPSA) is 38.0 Å². The Kier molecular flexibility index (Phi) is 3.08. The molecule has 0 amide bonds. The van der Waals surface area contributed by atoms with Crippen LogP contribution in [0.2, 0.25) is 0 Å². The second kappa shape index (κ2) is 4.33. The van der Waals surface area contributed by atoms with Gasteiger partial charge >= 0.3 is 0 Å². The molecule has 3 N–H and O–H groups in total. The summed E-state index contributed by atoms with van der Waals surface area (Å²) in [6.07, 6.45) is 2.64. The van der Waals surface area contributed by atoms with Crippen molar-refractivity contribution in [3.8, 4) is 0 Å². The van der Waals surface area contributed by atoms with E-state index in [1.54, 1.807) is 0 Å². The van der Waals surface area contributed by atoms with Crippen molar-refractivity contribution in [1.82, 2.24) is 5.32 Å². The van der Waals surface area contributed by atoms with E-state index in [4.69, 9.17) is 5.73 Å². The SMILES string of the molecule is Cc1ccc(C(N)CNC2CC2)cc1C. The van der Waals surface area contributed by atoms with Gasteiger partial charge in [0.25, 0.3) is 0 Å². The number of rotatable bonds is 4. The lowest BCUT2D eigenvalue weighted by Crippen LogP contribution is -2.28. The number of nitrogens with one attached hydrogen (secondary N) is 1. The van der Waals surface area contributed by atoms with E-state index in [-0.39, 0.29) is 6.04 Å². The van der Waals surface area contributed by atoms with Gasteiger partial charge in [0.1, 0.15) is 0 Å². The molecule has 0 spiro atoms. The molecule has 2 rings (SSSR count). The molecule has 1 unspecified atom stereocenters. The van der Waals surface area contributed by atoms with E-state index in [2.05, 4.69) is 37.4 Å². The second-order valence-corrected chi connectivity index (χ2v) is 4.63. The molecule has 0 bridgehead atoms. The van der Waals surface area contributed by atoms with Crippen molar-refractivity contribution < 1.29 is 0 Å². The Labute approximate surface area is 91.9 Å². The van der Waals surface area contributed by atoms with Crippen molar-refractivity contribution in [2.75, 3.05) is 6.54 Å². The molecule has 1 aliphatic rings. The minimum absolute atomic E-state index is 0.130. The van der Waals surface area contributed by atoms with Crippen LogP contribution in [0.25, 0.3) is 0 Å². The maximum atomic E-state index is 6.13. The molecule has 0 aromatic heterocycles. The van der Waals surface area contributed by atoms with Gasteiger partial charge in [-0.2, -0.15) is 0 Å². The molecule has 0 saturated heterocycles. The van der Waals surface area contributed by atoms with Crippen molar-refractivity contribution in [3.05, 3.63) is 34.9 Å². The molecule has 1 atom stereocenters. The molecular weight excluding hydrogens is 184 g/mol. The molecule has 15 heavy (non-hydrogen) atoms. The first kappa shape index (κ1) is 10.7. The van der Waals surface area contributed by atoms with Crippen LogP contribution in [0.4, 0.5) is 0 Å². The lowest BCUT2D eigenvalue weighted by atomic mass is 10.0. The van der Waals surface area contributed by atoms with Crippen LogP contribution in [0.1, 0.15) is 35.6 Å². The molecule has 82 valence electrons. The Bertz CT molecular complexity index is 342. The Hall–Kier alpha value is -0.860. The average Bonchev–Trinajstić information content (AvgIpc) is 3.02. The fourth-order valence-electron chi connectivity index (χ4n) is 1.69. The van der Waals surface area contributed by atoms with Crippen LogP contribution in [-0.4, -0.2) is 12.6 Å². The van der Waals surface area contributed by atoms with E-state index >= 15 is 0 Å². The van der Waals surface area contributed by atoms with Gasteiger partial charge in [0.05, 0.1) is 0 Å². The standard InChI is InChI=1S/C13H20N2/c1-9-3-4-11(7-10(9)2)13(14)8-15-12-5-6-12/h3-4,7,12-13,15H,5-6,8,14H2,1-2H3. The number of hydrogen-bond acceptors (Lipinski definition) is 2. The highest BCUT2D eigenvalue weighted by molar-refractivity contribution is 5.31. The van der Waals surface area contributed by atoms with E-state index in [1.807, 2.05) is 0 Å². The van der Waals surface area contributed by atoms with Gasteiger partial charge in [-0.3, -0.25) is 0 Å². The molecule has 1 aromatic carbocycles. The quantitative estimate of drug-likeness (QED) is 0.788. The fraction of sp³-hybridized carbons (Fsp3) is 0.538. The summed E-state index contributed by atoms with van der Waals surface area (Å²) in [7, 11) is 0. The Morgan fingerprint density at radius 1 is 1.33 bits per heavy atom. The zero-order valence-electron chi connectivity index (χ0n) is 9.59. The van der Waals surface area contributed by atoms with Crippen molar-refractivity contribution in [1.29, 1.82) is 0 Å². The van der Waals surface area contributed by atoms with Crippen LogP contribution in [-0.2, 0) is 0 Å². The summed E-state index contributed by atoms with van der Waals surface area (Å²) >= 11 is 0. The summed E-state index contributed by atoms with van der Waals surface area (Å²) in [5.74, 6) is 0. The summed E-state index contributed by atoms with van der Waals surface area (Å²) in [4.78, 5) is 0. The number of nitrogens with two attached hydrogens (primary N) is 1. The van der Waals surface area contributed by atoms with Crippen LogP contribution in [0, 0.1) is 13.8 Å². The van der Waals surface area contributed by atoms with Crippen LogP contribution < -0.4 is 11.1 Å². The highest BCUT2D eigenvalue weighted by Crippen LogP contribution is 2.20. The van der Waals surface area contributed by atoms with E-state index in [1.165, 1.54) is 29.5 Å². The van der Waals surface area contributed by atoms with Gasteiger partial charge in [-0.05, 0) is 43.4 Å². The third-order valence-corrected chi connectivity index (χ3v) is 3.16. The first-order valence-electron chi connectivity index (χ1n) is 5.73. The maximum Gasteiger partial charge on any atom is 0.0421 e. The normalized spacial score (nSPS) is 17.8. The predicted molar refractivity (Wildman–Crippen MR) is 63.9 cm³/mol. The summed E-state index contributed by atoms with van der Waals surface area (Å²) in [5.41, 5.74) is 10.0. The smallest absolute Gasteiger partial charge is 0.0421 e. The van der Waals surface area contributed by atoms with E-state index in [0.29, 0.717) is 0 Å². The van der Waals surface area contributed by atoms with Crippen LogP contribution in [0.3, 0.4) is 0 Å². The predicted octanol–water partition coefficient (Wildman–Crippen LogP) is 2.06. The van der Waals surface area contributed by atoms with Gasteiger partial charge < -0.3 is 11.1 Å². The highest BCUT2D eigenvalue weighted by Gasteiger charge is 2.21. The van der Waals surface area contributed by atoms with Crippen LogP contribution >= 0.6 is 0 Å². The molecule has 0 aliphatic heterocycles. The highest BCUT2D eigenvalue weighted by atomic mass is 15.0. The first-order valence-corrected chi connectivity index (χ1v) is 5.73.